The summed E-state index contributed by atoms with van der Waals surface area (Å²) in [5.41, 5.74) is -3.86. The molecule has 0 radical (unpaired) electrons. The molecule has 262 valence electrons. The Hall–Kier alpha value is -1.87. The average molecular weight is 693 g/mol. The number of hydrogen-bond donors (Lipinski definition) is 1. The highest BCUT2D eigenvalue weighted by Crippen LogP contribution is 2.62. The van der Waals surface area contributed by atoms with Crippen molar-refractivity contribution in [2.45, 2.75) is 88.0 Å². The van der Waals surface area contributed by atoms with Crippen LogP contribution in [0.1, 0.15) is 62.5 Å². The number of nitrogens with zero attached hydrogens (tertiary/aromatic N) is 2. The Kier molecular flexibility index (Phi) is 10.9. The second-order valence-corrected chi connectivity index (χ2v) is 13.6. The minimum absolute atomic E-state index is 0.132. The molecule has 3 aliphatic carbocycles. The van der Waals surface area contributed by atoms with E-state index in [2.05, 4.69) is 36.4 Å². The minimum Gasteiger partial charge on any atom is -0.494 e. The summed E-state index contributed by atoms with van der Waals surface area (Å²) in [6, 6.07) is 6.20. The van der Waals surface area contributed by atoms with Crippen molar-refractivity contribution in [3.05, 3.63) is 29.3 Å². The zero-order chi connectivity index (χ0) is 34.3. The molecule has 3 unspecified atom stereocenters. The smallest absolute Gasteiger partial charge is 0.435 e. The number of halogens is 9. The molecule has 3 aliphatic rings. The van der Waals surface area contributed by atoms with Crippen LogP contribution in [0.25, 0.3) is 0 Å². The highest BCUT2D eigenvalue weighted by molar-refractivity contribution is 7.80. The van der Waals surface area contributed by atoms with E-state index in [1.807, 2.05) is 6.07 Å². The summed E-state index contributed by atoms with van der Waals surface area (Å²) in [6.07, 6.45) is -14.1. The lowest BCUT2D eigenvalue weighted by molar-refractivity contribution is -0.457. The molecule has 0 aromatic heterocycles. The number of ether oxygens (including phenoxy) is 2. The van der Waals surface area contributed by atoms with Gasteiger partial charge >= 0.3 is 24.1 Å². The largest absolute Gasteiger partial charge is 0.494 e. The van der Waals surface area contributed by atoms with Gasteiger partial charge in [0.1, 0.15) is 5.75 Å². The van der Waals surface area contributed by atoms with Gasteiger partial charge in [-0.05, 0) is 104 Å². The maximum Gasteiger partial charge on any atom is 0.435 e. The van der Waals surface area contributed by atoms with Gasteiger partial charge in [0.25, 0.3) is 0 Å². The number of rotatable bonds is 11. The number of hydrogen-bond acceptors (Lipinski definition) is 5. The molecular formula is C31H41F9N2O3S. The molecule has 0 heterocycles. The van der Waals surface area contributed by atoms with E-state index < -0.39 is 49.7 Å². The highest BCUT2D eigenvalue weighted by Gasteiger charge is 2.85. The van der Waals surface area contributed by atoms with Crippen LogP contribution < -0.4 is 4.74 Å². The molecule has 5 atom stereocenters. The van der Waals surface area contributed by atoms with Crippen LogP contribution in [-0.2, 0) is 16.0 Å². The number of carbonyl (C=O) groups is 1. The molecule has 5 nitrogen and oxygen atoms in total. The molecule has 1 aromatic carbocycles. The number of fused-ring (bicyclic) bond motifs is 5. The normalized spacial score (nSPS) is 26.8. The molecule has 0 aliphatic heterocycles. The molecule has 2 fully saturated rings. The van der Waals surface area contributed by atoms with Gasteiger partial charge in [0.15, 0.2) is 0 Å². The van der Waals surface area contributed by atoms with E-state index in [0.29, 0.717) is 24.4 Å². The maximum atomic E-state index is 13.3. The van der Waals surface area contributed by atoms with Gasteiger partial charge in [0.05, 0.1) is 19.8 Å². The molecule has 0 spiro atoms. The Labute approximate surface area is 268 Å². The number of amides is 1. The average Bonchev–Trinajstić information content (AvgIpc) is 3.29. The van der Waals surface area contributed by atoms with Crippen molar-refractivity contribution in [1.29, 1.82) is 0 Å². The zero-order valence-corrected chi connectivity index (χ0v) is 26.9. The van der Waals surface area contributed by atoms with Gasteiger partial charge in [-0.1, -0.05) is 13.0 Å². The van der Waals surface area contributed by atoms with Crippen LogP contribution in [0.15, 0.2) is 18.2 Å². The lowest BCUT2D eigenvalue weighted by Crippen LogP contribution is -2.68. The molecule has 2 saturated carbocycles. The third-order valence-corrected chi connectivity index (χ3v) is 10.8. The van der Waals surface area contributed by atoms with Gasteiger partial charge in [-0.2, -0.15) is 52.1 Å². The van der Waals surface area contributed by atoms with Crippen molar-refractivity contribution in [1.82, 2.24) is 9.80 Å². The fraction of sp³-hybridized carbons (Fsp3) is 0.774. The fourth-order valence-corrected chi connectivity index (χ4v) is 8.32. The summed E-state index contributed by atoms with van der Waals surface area (Å²) in [7, 11) is 2.86. The van der Waals surface area contributed by atoms with Gasteiger partial charge in [0.2, 0.25) is 5.91 Å². The quantitative estimate of drug-likeness (QED) is 0.149. The van der Waals surface area contributed by atoms with Gasteiger partial charge in [-0.25, -0.2) is 0 Å². The molecule has 0 bridgehead atoms. The van der Waals surface area contributed by atoms with Crippen LogP contribution >= 0.6 is 12.6 Å². The van der Waals surface area contributed by atoms with Crippen molar-refractivity contribution >= 4 is 18.5 Å². The Bertz CT molecular complexity index is 1190. The van der Waals surface area contributed by atoms with E-state index in [1.54, 1.807) is 11.9 Å². The third-order valence-electron chi connectivity index (χ3n) is 10.5. The monoisotopic (exact) mass is 692 g/mol. The second-order valence-electron chi connectivity index (χ2n) is 13.1. The van der Waals surface area contributed by atoms with Crippen molar-refractivity contribution in [3.63, 3.8) is 0 Å². The number of benzene rings is 1. The molecule has 1 amide bonds. The van der Waals surface area contributed by atoms with Crippen molar-refractivity contribution in [3.8, 4) is 5.75 Å². The van der Waals surface area contributed by atoms with Gasteiger partial charge in [0, 0.05) is 19.6 Å². The first-order chi connectivity index (χ1) is 21.3. The summed E-state index contributed by atoms with van der Waals surface area (Å²) in [6.45, 7) is 0.0703. The summed E-state index contributed by atoms with van der Waals surface area (Å²) in [4.78, 5) is 15.9. The maximum absolute atomic E-state index is 13.3. The lowest BCUT2D eigenvalue weighted by atomic mass is 9.55. The topological polar surface area (TPSA) is 42.0 Å². The zero-order valence-electron chi connectivity index (χ0n) is 26.0. The SMILES string of the molecule is CN(CCOC(C(F)(F)F)(C(F)(F)F)C(F)(F)F)CC(=O)N(C)[C@H]1CCC2C3CCc4cc(OCCCS)ccc4C3CC[C@@]21C. The van der Waals surface area contributed by atoms with Crippen LogP contribution in [0, 0.1) is 17.3 Å². The summed E-state index contributed by atoms with van der Waals surface area (Å²) in [5.74, 6) is 2.38. The van der Waals surface area contributed by atoms with Crippen LogP contribution in [0.3, 0.4) is 0 Å². The number of aryl methyl sites for hydroxylation is 1. The number of likely N-dealkylation sites (N-methyl/N-ethyl adjacent to an activating group) is 2. The van der Waals surface area contributed by atoms with Crippen LogP contribution in [0.5, 0.6) is 5.75 Å². The van der Waals surface area contributed by atoms with E-state index in [9.17, 15) is 44.3 Å². The lowest BCUT2D eigenvalue weighted by Gasteiger charge is -2.52. The molecule has 46 heavy (non-hydrogen) atoms. The third kappa shape index (κ3) is 6.83. The molecule has 0 saturated heterocycles. The summed E-state index contributed by atoms with van der Waals surface area (Å²) in [5, 5.41) is 0. The first-order valence-electron chi connectivity index (χ1n) is 15.4. The molecule has 1 aromatic rings. The van der Waals surface area contributed by atoms with E-state index >= 15 is 0 Å². The highest BCUT2D eigenvalue weighted by atomic mass is 32.1. The Morgan fingerprint density at radius 2 is 1.61 bits per heavy atom. The van der Waals surface area contributed by atoms with Crippen molar-refractivity contribution in [2.24, 2.45) is 17.3 Å². The standard InChI is InChI=1S/C31H41F9N2O3S/c1-27-12-11-22-21-8-6-20(44-14-4-16-46)17-19(21)5-7-23(22)24(27)9-10-25(27)42(3)26(43)18-41(2)13-15-45-28(29(32,33)34,30(35,36)37)31(38,39)40/h6,8,17,22-25,46H,4-5,7,9-16,18H2,1-3H3/t22?,23?,24?,25-,27-/m0/s1. The van der Waals surface area contributed by atoms with E-state index in [4.69, 9.17) is 4.74 Å². The van der Waals surface area contributed by atoms with E-state index in [1.165, 1.54) is 18.2 Å². The number of thiol groups is 1. The predicted octanol–water partition coefficient (Wildman–Crippen LogP) is 7.44. The minimum atomic E-state index is -6.80. The Morgan fingerprint density at radius 3 is 2.22 bits per heavy atom. The summed E-state index contributed by atoms with van der Waals surface area (Å²) < 4.78 is 128. The molecule has 0 N–H and O–H groups in total. The second kappa shape index (κ2) is 13.6. The Morgan fingerprint density at radius 1 is 0.957 bits per heavy atom. The molecular weight excluding hydrogens is 651 g/mol. The number of alkyl halides is 9. The van der Waals surface area contributed by atoms with Gasteiger partial charge in [-0.15, -0.1) is 0 Å². The number of carbonyl (C=O) groups excluding carboxylic acids is 1. The first-order valence-corrected chi connectivity index (χ1v) is 16.1. The van der Waals surface area contributed by atoms with E-state index in [0.717, 1.165) is 61.3 Å². The fourth-order valence-electron chi connectivity index (χ4n) is 8.19. The first kappa shape index (κ1) is 37.0. The van der Waals surface area contributed by atoms with Gasteiger partial charge < -0.3 is 14.4 Å². The summed E-state index contributed by atoms with van der Waals surface area (Å²) >= 11 is 4.22. The molecule has 15 heteroatoms. The van der Waals surface area contributed by atoms with Crippen molar-refractivity contribution in [2.75, 3.05) is 46.2 Å². The molecule has 4 rings (SSSR count). The van der Waals surface area contributed by atoms with Gasteiger partial charge in [-0.3, -0.25) is 9.69 Å². The van der Waals surface area contributed by atoms with E-state index in [-0.39, 0.29) is 11.5 Å². The van der Waals surface area contributed by atoms with Crippen LogP contribution in [-0.4, -0.2) is 92.0 Å². The van der Waals surface area contributed by atoms with Crippen LogP contribution in [0.2, 0.25) is 0 Å². The Balaban J connectivity index is 1.37. The van der Waals surface area contributed by atoms with Crippen molar-refractivity contribution < 1.29 is 53.8 Å². The predicted molar refractivity (Wildman–Crippen MR) is 156 cm³/mol. The van der Waals surface area contributed by atoms with Crippen LogP contribution in [0.4, 0.5) is 39.5 Å².